The van der Waals surface area contributed by atoms with Crippen molar-refractivity contribution in [3.8, 4) is 11.5 Å². The molecule has 0 spiro atoms. The summed E-state index contributed by atoms with van der Waals surface area (Å²) in [5, 5.41) is 3.61. The summed E-state index contributed by atoms with van der Waals surface area (Å²) in [4.78, 5) is 14.1. The van der Waals surface area contributed by atoms with Gasteiger partial charge in [-0.25, -0.2) is 23.7 Å². The molecule has 2 atom stereocenters. The lowest BCUT2D eigenvalue weighted by molar-refractivity contribution is -0.312. The molecule has 0 radical (unpaired) electrons. The van der Waals surface area contributed by atoms with Gasteiger partial charge in [-0.05, 0) is 23.8 Å². The molecule has 38 heavy (non-hydrogen) atoms. The molecule has 0 bridgehead atoms. The minimum absolute atomic E-state index is 0.0120. The number of nitrogens with one attached hydrogen (secondary N) is 2. The van der Waals surface area contributed by atoms with Gasteiger partial charge in [-0.15, -0.1) is 0 Å². The molecule has 8 nitrogen and oxygen atoms in total. The minimum atomic E-state index is -6.20. The number of ether oxygens (including phenoxy) is 2. The van der Waals surface area contributed by atoms with Gasteiger partial charge in [-0.2, -0.15) is 49.0 Å². The van der Waals surface area contributed by atoms with Crippen LogP contribution in [0.3, 0.4) is 0 Å². The minimum Gasteiger partial charge on any atom is -0.426 e. The maximum Gasteiger partial charge on any atom is 0.439 e. The van der Waals surface area contributed by atoms with Crippen LogP contribution in [0, 0.1) is 0 Å². The Kier molecular flexibility index (Phi) is 7.55. The number of alkyl halides is 12. The Balaban J connectivity index is 1.94. The van der Waals surface area contributed by atoms with Gasteiger partial charge in [0, 0.05) is 0 Å². The van der Waals surface area contributed by atoms with Gasteiger partial charge >= 0.3 is 24.6 Å². The highest BCUT2D eigenvalue weighted by atomic mass is 19.4. The average molecular weight is 570 g/mol. The number of nitrogens with zero attached hydrogens (tertiary/aromatic N) is 4. The number of H-pyrrole nitrogens is 1. The number of anilines is 1. The largest absolute Gasteiger partial charge is 0.439 e. The zero-order valence-corrected chi connectivity index (χ0v) is 17.8. The number of halogens is 12. The van der Waals surface area contributed by atoms with Gasteiger partial charge in [-0.1, -0.05) is 0 Å². The molecule has 0 saturated heterocycles. The Morgan fingerprint density at radius 3 is 1.97 bits per heavy atom. The van der Waals surface area contributed by atoms with Crippen molar-refractivity contribution < 1.29 is 62.2 Å². The lowest BCUT2D eigenvalue weighted by atomic mass is 10.2. The Hall–Kier alpha value is -4.00. The van der Waals surface area contributed by atoms with Crippen LogP contribution in [-0.2, 0) is 0 Å². The van der Waals surface area contributed by atoms with Crippen molar-refractivity contribution in [2.45, 2.75) is 36.9 Å². The van der Waals surface area contributed by atoms with Crippen molar-refractivity contribution >= 4 is 23.2 Å². The summed E-state index contributed by atoms with van der Waals surface area (Å²) in [6.45, 7) is 0. The number of hydrazone groups is 1. The number of fused-ring (bicyclic) bond motifs is 1. The highest BCUT2D eigenvalue weighted by molar-refractivity contribution is 5.84. The van der Waals surface area contributed by atoms with Crippen molar-refractivity contribution in [3.63, 3.8) is 0 Å². The molecular weight excluding hydrogens is 560 g/mol. The van der Waals surface area contributed by atoms with Crippen LogP contribution in [0.5, 0.6) is 11.5 Å². The fraction of sp³-hybridized carbons (Fsp3) is 0.333. The van der Waals surface area contributed by atoms with Crippen LogP contribution in [0.2, 0.25) is 0 Å². The third kappa shape index (κ3) is 6.46. The molecule has 0 aliphatic carbocycles. The molecule has 0 aliphatic rings. The Bertz CT molecular complexity index is 1290. The van der Waals surface area contributed by atoms with Crippen LogP contribution in [-0.4, -0.2) is 63.1 Å². The van der Waals surface area contributed by atoms with E-state index in [1.807, 2.05) is 0 Å². The molecule has 3 rings (SSSR count). The lowest BCUT2D eigenvalue weighted by Crippen LogP contribution is -2.47. The van der Waals surface area contributed by atoms with E-state index in [9.17, 15) is 52.7 Å². The van der Waals surface area contributed by atoms with Gasteiger partial charge in [-0.3, -0.25) is 5.43 Å². The molecule has 0 saturated carbocycles. The third-order valence-corrected chi connectivity index (χ3v) is 4.23. The molecule has 0 unspecified atom stereocenters. The average Bonchev–Trinajstić information content (AvgIpc) is 3.28. The molecule has 20 heteroatoms. The van der Waals surface area contributed by atoms with E-state index in [4.69, 9.17) is 0 Å². The summed E-state index contributed by atoms with van der Waals surface area (Å²) in [7, 11) is 0. The first-order valence-corrected chi connectivity index (χ1v) is 9.54. The number of imidazole rings is 1. The SMILES string of the molecule is F[C@H](C(F)(F)F)C(F)(F)Oc1ccc(/C=N\Nc2ncnc3nc[nH]c23)cc1OC(F)(F)[C@@H](F)C(F)(F)F. The van der Waals surface area contributed by atoms with Gasteiger partial charge in [0.15, 0.2) is 23.0 Å². The number of hydrogen-bond donors (Lipinski definition) is 2. The molecule has 0 amide bonds. The number of aromatic amines is 1. The van der Waals surface area contributed by atoms with Crippen molar-refractivity contribution in [2.75, 3.05) is 5.43 Å². The van der Waals surface area contributed by atoms with E-state index in [0.29, 0.717) is 6.07 Å². The second-order valence-electron chi connectivity index (χ2n) is 7.04. The second-order valence-corrected chi connectivity index (χ2v) is 7.04. The van der Waals surface area contributed by atoms with E-state index >= 15 is 0 Å². The van der Waals surface area contributed by atoms with Gasteiger partial charge < -0.3 is 14.5 Å². The maximum atomic E-state index is 13.8. The molecule has 0 aliphatic heterocycles. The number of aromatic nitrogens is 4. The van der Waals surface area contributed by atoms with Gasteiger partial charge in [0.05, 0.1) is 12.5 Å². The maximum absolute atomic E-state index is 13.8. The van der Waals surface area contributed by atoms with Crippen LogP contribution in [0.25, 0.3) is 11.2 Å². The summed E-state index contributed by atoms with van der Waals surface area (Å²) in [5.41, 5.74) is 2.34. The molecule has 2 aromatic heterocycles. The van der Waals surface area contributed by atoms with Crippen LogP contribution < -0.4 is 14.9 Å². The van der Waals surface area contributed by atoms with Gasteiger partial charge in [0.1, 0.15) is 11.8 Å². The summed E-state index contributed by atoms with van der Waals surface area (Å²) >= 11 is 0. The monoisotopic (exact) mass is 570 g/mol. The zero-order valence-electron chi connectivity index (χ0n) is 17.8. The van der Waals surface area contributed by atoms with E-state index < -0.39 is 54.0 Å². The van der Waals surface area contributed by atoms with Crippen LogP contribution in [0.1, 0.15) is 5.56 Å². The van der Waals surface area contributed by atoms with Crippen molar-refractivity contribution in [2.24, 2.45) is 5.10 Å². The van der Waals surface area contributed by atoms with Crippen molar-refractivity contribution in [1.82, 2.24) is 19.9 Å². The third-order valence-electron chi connectivity index (χ3n) is 4.23. The second kappa shape index (κ2) is 10.0. The topological polar surface area (TPSA) is 97.3 Å². The quantitative estimate of drug-likeness (QED) is 0.199. The predicted octanol–water partition coefficient (Wildman–Crippen LogP) is 5.54. The normalized spacial score (nSPS) is 15.1. The lowest BCUT2D eigenvalue weighted by Gasteiger charge is -2.27. The Labute approximate surface area is 201 Å². The number of benzene rings is 1. The van der Waals surface area contributed by atoms with Crippen LogP contribution in [0.15, 0.2) is 36.0 Å². The standard InChI is InChI=1S/C18H10F12N6O2/c19-13(15(21,22)23)17(27,28)37-8-2-1-7(3-9(8)38-18(29,30)14(20)16(24,25)26)4-35-36-12-10-11(32-5-31-10)33-6-34-12/h1-6,13-14H,(H2,31,32,33,34,36)/b35-4-/t13-,14+/m1/s1. The first-order chi connectivity index (χ1) is 17.4. The van der Waals surface area contributed by atoms with E-state index in [1.165, 1.54) is 6.33 Å². The van der Waals surface area contributed by atoms with Gasteiger partial charge in [0.2, 0.25) is 0 Å². The molecule has 208 valence electrons. The Morgan fingerprint density at radius 2 is 1.39 bits per heavy atom. The van der Waals surface area contributed by atoms with E-state index in [0.717, 1.165) is 12.5 Å². The Morgan fingerprint density at radius 1 is 0.816 bits per heavy atom. The zero-order chi connectivity index (χ0) is 28.5. The highest BCUT2D eigenvalue weighted by Gasteiger charge is 2.61. The molecule has 0 fully saturated rings. The molecule has 1 aromatic carbocycles. The van der Waals surface area contributed by atoms with Crippen molar-refractivity contribution in [3.05, 3.63) is 36.4 Å². The van der Waals surface area contributed by atoms with Gasteiger partial charge in [0.25, 0.3) is 12.3 Å². The first kappa shape index (κ1) is 28.6. The highest BCUT2D eigenvalue weighted by Crippen LogP contribution is 2.43. The summed E-state index contributed by atoms with van der Waals surface area (Å²) in [6, 6.07) is 1.15. The predicted molar refractivity (Wildman–Crippen MR) is 102 cm³/mol. The summed E-state index contributed by atoms with van der Waals surface area (Å²) in [5.74, 6) is -3.58. The summed E-state index contributed by atoms with van der Waals surface area (Å²) in [6.07, 6.45) is -30.9. The smallest absolute Gasteiger partial charge is 0.426 e. The molecule has 2 N–H and O–H groups in total. The summed E-state index contributed by atoms with van der Waals surface area (Å²) < 4.78 is 163. The van der Waals surface area contributed by atoms with Crippen LogP contribution >= 0.6 is 0 Å². The molecule has 3 aromatic rings. The van der Waals surface area contributed by atoms with Crippen LogP contribution in [0.4, 0.5) is 58.5 Å². The molecule has 2 heterocycles. The first-order valence-electron chi connectivity index (χ1n) is 9.54. The number of rotatable bonds is 9. The molecular formula is C18H10F12N6O2. The fourth-order valence-electron chi connectivity index (χ4n) is 2.56. The van der Waals surface area contributed by atoms with Crippen molar-refractivity contribution in [1.29, 1.82) is 0 Å². The fourth-order valence-corrected chi connectivity index (χ4v) is 2.56. The number of hydrogen-bond acceptors (Lipinski definition) is 7. The van der Waals surface area contributed by atoms with E-state index in [2.05, 4.69) is 39.9 Å². The van der Waals surface area contributed by atoms with E-state index in [1.54, 1.807) is 0 Å². The van der Waals surface area contributed by atoms with E-state index in [-0.39, 0.29) is 29.1 Å².